The van der Waals surface area contributed by atoms with Crippen molar-refractivity contribution in [1.29, 1.82) is 0 Å². The van der Waals surface area contributed by atoms with Crippen LogP contribution in [-0.2, 0) is 6.54 Å². The molecule has 3 rings (SSSR count). The van der Waals surface area contributed by atoms with Gasteiger partial charge in [0.05, 0.1) is 6.61 Å². The fourth-order valence-corrected chi connectivity index (χ4v) is 3.01. The number of hydrogen-bond acceptors (Lipinski definition) is 2. The van der Waals surface area contributed by atoms with Crippen molar-refractivity contribution in [1.82, 2.24) is 0 Å². The van der Waals surface area contributed by atoms with Crippen LogP contribution in [0.2, 0.25) is 0 Å². The van der Waals surface area contributed by atoms with Gasteiger partial charge < -0.3 is 10.5 Å². The smallest absolute Gasteiger partial charge is 0.119 e. The molecule has 0 radical (unpaired) electrons. The predicted octanol–water partition coefficient (Wildman–Crippen LogP) is 2.74. The quantitative estimate of drug-likeness (QED) is 0.806. The maximum Gasteiger partial charge on any atom is 0.119 e. The summed E-state index contributed by atoms with van der Waals surface area (Å²) in [4.78, 5) is 0. The molecule has 0 spiro atoms. The van der Waals surface area contributed by atoms with Gasteiger partial charge in [0.2, 0.25) is 0 Å². The number of fused-ring (bicyclic) bond motifs is 2. The molecular weight excluding hydrogens is 210 g/mol. The summed E-state index contributed by atoms with van der Waals surface area (Å²) in [6, 6.07) is 8.11. The molecule has 0 amide bonds. The van der Waals surface area contributed by atoms with Gasteiger partial charge >= 0.3 is 0 Å². The van der Waals surface area contributed by atoms with Crippen molar-refractivity contribution >= 4 is 0 Å². The van der Waals surface area contributed by atoms with E-state index in [1.807, 2.05) is 24.3 Å². The summed E-state index contributed by atoms with van der Waals surface area (Å²) in [6.45, 7) is 1.45. The Morgan fingerprint density at radius 1 is 1.12 bits per heavy atom. The molecule has 17 heavy (non-hydrogen) atoms. The summed E-state index contributed by atoms with van der Waals surface area (Å²) in [5, 5.41) is 0. The van der Waals surface area contributed by atoms with Crippen molar-refractivity contribution in [3.05, 3.63) is 42.0 Å². The van der Waals surface area contributed by atoms with Gasteiger partial charge in [-0.25, -0.2) is 0 Å². The molecule has 2 heteroatoms. The van der Waals surface area contributed by atoms with Gasteiger partial charge in [-0.05, 0) is 48.3 Å². The molecule has 1 fully saturated rings. The van der Waals surface area contributed by atoms with E-state index in [2.05, 4.69) is 12.2 Å². The molecule has 2 aliphatic rings. The summed E-state index contributed by atoms with van der Waals surface area (Å²) in [5.41, 5.74) is 6.72. The van der Waals surface area contributed by atoms with E-state index in [4.69, 9.17) is 10.5 Å². The lowest BCUT2D eigenvalue weighted by Crippen LogP contribution is -2.16. The average molecular weight is 229 g/mol. The van der Waals surface area contributed by atoms with Crippen LogP contribution in [0.15, 0.2) is 36.4 Å². The first-order valence-corrected chi connectivity index (χ1v) is 6.45. The number of hydrogen-bond donors (Lipinski definition) is 1. The lowest BCUT2D eigenvalue weighted by atomic mass is 9.95. The summed E-state index contributed by atoms with van der Waals surface area (Å²) in [6.07, 6.45) is 7.40. The van der Waals surface area contributed by atoms with Crippen molar-refractivity contribution in [3.8, 4) is 5.75 Å². The molecule has 2 bridgehead atoms. The molecule has 3 unspecified atom stereocenters. The normalized spacial score (nSPS) is 29.8. The molecule has 1 saturated carbocycles. The first-order chi connectivity index (χ1) is 8.35. The van der Waals surface area contributed by atoms with Gasteiger partial charge in [0.1, 0.15) is 5.75 Å². The van der Waals surface area contributed by atoms with Gasteiger partial charge in [-0.2, -0.15) is 0 Å². The van der Waals surface area contributed by atoms with E-state index in [1.165, 1.54) is 12.8 Å². The highest BCUT2D eigenvalue weighted by Gasteiger charge is 2.35. The first kappa shape index (κ1) is 10.8. The maximum atomic E-state index is 5.87. The Labute approximate surface area is 102 Å². The second-order valence-electron chi connectivity index (χ2n) is 5.20. The van der Waals surface area contributed by atoms with E-state index in [0.717, 1.165) is 35.7 Å². The van der Waals surface area contributed by atoms with Crippen LogP contribution in [0.1, 0.15) is 18.4 Å². The Morgan fingerprint density at radius 2 is 1.94 bits per heavy atom. The molecule has 1 aromatic carbocycles. The van der Waals surface area contributed by atoms with E-state index >= 15 is 0 Å². The van der Waals surface area contributed by atoms with Gasteiger partial charge in [-0.3, -0.25) is 0 Å². The Kier molecular flexibility index (Phi) is 2.89. The van der Waals surface area contributed by atoms with Crippen molar-refractivity contribution in [2.45, 2.75) is 19.4 Å². The van der Waals surface area contributed by atoms with Gasteiger partial charge in [0.15, 0.2) is 0 Å². The monoisotopic (exact) mass is 229 g/mol. The zero-order valence-corrected chi connectivity index (χ0v) is 10.0. The fourth-order valence-electron chi connectivity index (χ4n) is 3.01. The average Bonchev–Trinajstić information content (AvgIpc) is 2.99. The highest BCUT2D eigenvalue weighted by atomic mass is 16.5. The Bertz CT molecular complexity index is 409. The first-order valence-electron chi connectivity index (χ1n) is 6.45. The van der Waals surface area contributed by atoms with E-state index in [0.29, 0.717) is 6.54 Å². The van der Waals surface area contributed by atoms with Crippen LogP contribution in [0.4, 0.5) is 0 Å². The largest absolute Gasteiger partial charge is 0.493 e. The SMILES string of the molecule is NCc1ccc(OCC2CC3C=CC2C3)cc1. The lowest BCUT2D eigenvalue weighted by Gasteiger charge is -2.18. The number of allylic oxidation sites excluding steroid dienone is 2. The van der Waals surface area contributed by atoms with Crippen molar-refractivity contribution in [2.75, 3.05) is 6.61 Å². The third-order valence-corrected chi connectivity index (χ3v) is 4.04. The number of ether oxygens (including phenoxy) is 1. The molecule has 90 valence electrons. The van der Waals surface area contributed by atoms with E-state index in [9.17, 15) is 0 Å². The van der Waals surface area contributed by atoms with Crippen molar-refractivity contribution in [3.63, 3.8) is 0 Å². The third kappa shape index (κ3) is 2.22. The molecule has 3 atom stereocenters. The molecule has 0 aromatic heterocycles. The molecule has 0 aliphatic heterocycles. The van der Waals surface area contributed by atoms with Gasteiger partial charge in [-0.15, -0.1) is 0 Å². The summed E-state index contributed by atoms with van der Waals surface area (Å²) >= 11 is 0. The second-order valence-corrected chi connectivity index (χ2v) is 5.20. The van der Waals surface area contributed by atoms with Crippen LogP contribution in [0.3, 0.4) is 0 Å². The van der Waals surface area contributed by atoms with Crippen LogP contribution < -0.4 is 10.5 Å². The van der Waals surface area contributed by atoms with Crippen molar-refractivity contribution < 1.29 is 4.74 Å². The fraction of sp³-hybridized carbons (Fsp3) is 0.467. The zero-order valence-electron chi connectivity index (χ0n) is 10.0. The molecule has 0 saturated heterocycles. The summed E-state index contributed by atoms with van der Waals surface area (Å²) < 4.78 is 5.87. The number of benzene rings is 1. The van der Waals surface area contributed by atoms with Crippen LogP contribution in [-0.4, -0.2) is 6.61 Å². The van der Waals surface area contributed by atoms with E-state index in [1.54, 1.807) is 0 Å². The highest BCUT2D eigenvalue weighted by Crippen LogP contribution is 2.43. The predicted molar refractivity (Wildman–Crippen MR) is 68.7 cm³/mol. The number of rotatable bonds is 4. The van der Waals surface area contributed by atoms with E-state index < -0.39 is 0 Å². The molecular formula is C15H19NO. The lowest BCUT2D eigenvalue weighted by molar-refractivity contribution is 0.227. The zero-order chi connectivity index (χ0) is 11.7. The summed E-state index contributed by atoms with van der Waals surface area (Å²) in [5.74, 6) is 3.28. The second kappa shape index (κ2) is 4.53. The summed E-state index contributed by atoms with van der Waals surface area (Å²) in [7, 11) is 0. The minimum absolute atomic E-state index is 0.595. The van der Waals surface area contributed by atoms with Gasteiger partial charge in [0.25, 0.3) is 0 Å². The topological polar surface area (TPSA) is 35.2 Å². The molecule has 0 heterocycles. The van der Waals surface area contributed by atoms with Crippen molar-refractivity contribution in [2.24, 2.45) is 23.5 Å². The standard InChI is InChI=1S/C15H19NO/c16-9-11-2-5-15(6-3-11)17-10-14-8-12-1-4-13(14)7-12/h1-6,12-14H,7-10,16H2. The Hall–Kier alpha value is -1.28. The molecule has 2 N–H and O–H groups in total. The third-order valence-electron chi connectivity index (χ3n) is 4.04. The van der Waals surface area contributed by atoms with Gasteiger partial charge in [-0.1, -0.05) is 24.3 Å². The van der Waals surface area contributed by atoms with Crippen LogP contribution >= 0.6 is 0 Å². The Balaban J connectivity index is 1.55. The molecule has 1 aromatic rings. The van der Waals surface area contributed by atoms with E-state index in [-0.39, 0.29) is 0 Å². The minimum Gasteiger partial charge on any atom is -0.493 e. The van der Waals surface area contributed by atoms with Crippen LogP contribution in [0.5, 0.6) is 5.75 Å². The Morgan fingerprint density at radius 3 is 2.53 bits per heavy atom. The maximum absolute atomic E-state index is 5.87. The van der Waals surface area contributed by atoms with Gasteiger partial charge in [0, 0.05) is 6.54 Å². The molecule has 2 aliphatic carbocycles. The van der Waals surface area contributed by atoms with Crippen LogP contribution in [0.25, 0.3) is 0 Å². The number of nitrogens with two attached hydrogens (primary N) is 1. The van der Waals surface area contributed by atoms with Crippen LogP contribution in [0, 0.1) is 17.8 Å². The molecule has 2 nitrogen and oxygen atoms in total. The highest BCUT2D eigenvalue weighted by molar-refractivity contribution is 5.27. The minimum atomic E-state index is 0.595.